The highest BCUT2D eigenvalue weighted by Gasteiger charge is 2.03. The van der Waals surface area contributed by atoms with Crippen LogP contribution in [0.4, 0.5) is 0 Å². The molecule has 0 saturated heterocycles. The van der Waals surface area contributed by atoms with Crippen molar-refractivity contribution in [2.75, 3.05) is 19.6 Å². The van der Waals surface area contributed by atoms with E-state index in [2.05, 4.69) is 24.0 Å². The van der Waals surface area contributed by atoms with E-state index < -0.39 is 0 Å². The largest absolute Gasteiger partial charge is 0.303 e. The van der Waals surface area contributed by atoms with Crippen LogP contribution in [0.5, 0.6) is 0 Å². The lowest BCUT2D eigenvalue weighted by atomic mass is 10.2. The van der Waals surface area contributed by atoms with Crippen molar-refractivity contribution in [1.82, 2.24) is 4.90 Å². The summed E-state index contributed by atoms with van der Waals surface area (Å²) in [7, 11) is 0. The lowest BCUT2D eigenvalue weighted by Crippen LogP contribution is -2.27. The topological polar surface area (TPSA) is 50.8 Å². The molecule has 0 unspecified atom stereocenters. The van der Waals surface area contributed by atoms with Crippen LogP contribution >= 0.6 is 0 Å². The third kappa shape index (κ3) is 11.2. The van der Waals surface area contributed by atoms with Crippen LogP contribution in [0.2, 0.25) is 0 Å². The van der Waals surface area contributed by atoms with Gasteiger partial charge in [-0.25, -0.2) is 0 Å². The minimum absolute atomic E-state index is 0.677. The first kappa shape index (κ1) is 15.9. The van der Waals surface area contributed by atoms with E-state index in [1.54, 1.807) is 0 Å². The molecule has 0 heterocycles. The molecular formula is C14H25N3. The van der Waals surface area contributed by atoms with E-state index in [1.807, 2.05) is 0 Å². The molecule has 0 saturated carbocycles. The molecule has 0 spiro atoms. The molecule has 0 rings (SSSR count). The highest BCUT2D eigenvalue weighted by molar-refractivity contribution is 4.70. The number of nitrogens with zero attached hydrogens (tertiary/aromatic N) is 3. The SMILES string of the molecule is CCCCN(CCCCC#N)CCCCC#N. The molecule has 0 N–H and O–H groups in total. The zero-order valence-corrected chi connectivity index (χ0v) is 11.1. The second-order valence-electron chi connectivity index (χ2n) is 4.43. The zero-order valence-electron chi connectivity index (χ0n) is 11.1. The Morgan fingerprint density at radius 3 is 1.65 bits per heavy atom. The van der Waals surface area contributed by atoms with E-state index >= 15 is 0 Å². The van der Waals surface area contributed by atoms with Gasteiger partial charge in [-0.05, 0) is 51.7 Å². The van der Waals surface area contributed by atoms with E-state index in [9.17, 15) is 0 Å². The summed E-state index contributed by atoms with van der Waals surface area (Å²) in [6.07, 6.45) is 8.09. The molecule has 0 aromatic carbocycles. The second kappa shape index (κ2) is 13.0. The van der Waals surface area contributed by atoms with Gasteiger partial charge < -0.3 is 4.90 Å². The van der Waals surface area contributed by atoms with E-state index in [1.165, 1.54) is 12.8 Å². The fourth-order valence-corrected chi connectivity index (χ4v) is 1.80. The molecule has 0 atom stereocenters. The van der Waals surface area contributed by atoms with Crippen LogP contribution in [0, 0.1) is 22.7 Å². The molecular weight excluding hydrogens is 210 g/mol. The van der Waals surface area contributed by atoms with Gasteiger partial charge in [-0.3, -0.25) is 0 Å². The van der Waals surface area contributed by atoms with E-state index in [0.29, 0.717) is 12.8 Å². The highest BCUT2D eigenvalue weighted by Crippen LogP contribution is 2.04. The predicted molar refractivity (Wildman–Crippen MR) is 70.3 cm³/mol. The Labute approximate surface area is 106 Å². The summed E-state index contributed by atoms with van der Waals surface area (Å²) < 4.78 is 0. The molecule has 0 aromatic heterocycles. The molecule has 3 nitrogen and oxygen atoms in total. The number of rotatable bonds is 11. The smallest absolute Gasteiger partial charge is 0.0621 e. The number of nitriles is 2. The molecule has 0 aliphatic heterocycles. The lowest BCUT2D eigenvalue weighted by molar-refractivity contribution is 0.259. The van der Waals surface area contributed by atoms with Crippen molar-refractivity contribution >= 4 is 0 Å². The second-order valence-corrected chi connectivity index (χ2v) is 4.43. The normalized spacial score (nSPS) is 10.1. The summed E-state index contributed by atoms with van der Waals surface area (Å²) in [4.78, 5) is 2.48. The minimum atomic E-state index is 0.677. The molecule has 0 fully saturated rings. The third-order valence-electron chi connectivity index (χ3n) is 2.85. The number of hydrogen-bond acceptors (Lipinski definition) is 3. The van der Waals surface area contributed by atoms with E-state index in [0.717, 1.165) is 45.3 Å². The first-order chi connectivity index (χ1) is 8.35. The standard InChI is InChI=1S/C14H25N3/c1-2-3-12-17(13-8-4-6-10-15)14-9-5-7-11-16/h2-9,12-14H2,1H3. The maximum absolute atomic E-state index is 8.48. The molecule has 0 aromatic rings. The van der Waals surface area contributed by atoms with Crippen LogP contribution in [0.1, 0.15) is 58.3 Å². The quantitative estimate of drug-likeness (QED) is 0.515. The van der Waals surface area contributed by atoms with Gasteiger partial charge in [0.15, 0.2) is 0 Å². The van der Waals surface area contributed by atoms with Crippen molar-refractivity contribution in [3.8, 4) is 12.1 Å². The van der Waals surface area contributed by atoms with Gasteiger partial charge in [-0.1, -0.05) is 13.3 Å². The Kier molecular flexibility index (Phi) is 12.2. The third-order valence-corrected chi connectivity index (χ3v) is 2.85. The molecule has 17 heavy (non-hydrogen) atoms. The van der Waals surface area contributed by atoms with Gasteiger partial charge >= 0.3 is 0 Å². The van der Waals surface area contributed by atoms with Crippen molar-refractivity contribution in [3.63, 3.8) is 0 Å². The molecule has 0 radical (unpaired) electrons. The Balaban J connectivity index is 3.65. The molecule has 0 aliphatic carbocycles. The van der Waals surface area contributed by atoms with Crippen LogP contribution in [-0.4, -0.2) is 24.5 Å². The van der Waals surface area contributed by atoms with Crippen molar-refractivity contribution in [1.29, 1.82) is 10.5 Å². The summed E-state index contributed by atoms with van der Waals surface area (Å²) in [5.74, 6) is 0. The van der Waals surface area contributed by atoms with Gasteiger partial charge in [0, 0.05) is 12.8 Å². The molecule has 0 amide bonds. The zero-order chi connectivity index (χ0) is 12.8. The van der Waals surface area contributed by atoms with Gasteiger partial charge in [-0.2, -0.15) is 10.5 Å². The van der Waals surface area contributed by atoms with Gasteiger partial charge in [0.25, 0.3) is 0 Å². The summed E-state index contributed by atoms with van der Waals surface area (Å²) in [6, 6.07) is 4.38. The van der Waals surface area contributed by atoms with Gasteiger partial charge in [0.1, 0.15) is 0 Å². The molecule has 3 heteroatoms. The van der Waals surface area contributed by atoms with E-state index in [4.69, 9.17) is 10.5 Å². The average molecular weight is 235 g/mol. The first-order valence-corrected chi connectivity index (χ1v) is 6.81. The lowest BCUT2D eigenvalue weighted by Gasteiger charge is -2.21. The van der Waals surface area contributed by atoms with Crippen LogP contribution in [-0.2, 0) is 0 Å². The van der Waals surface area contributed by atoms with Crippen LogP contribution in [0.3, 0.4) is 0 Å². The van der Waals surface area contributed by atoms with Crippen LogP contribution in [0.25, 0.3) is 0 Å². The Morgan fingerprint density at radius 2 is 1.24 bits per heavy atom. The molecule has 0 bridgehead atoms. The average Bonchev–Trinajstić information content (AvgIpc) is 2.35. The highest BCUT2D eigenvalue weighted by atomic mass is 15.1. The van der Waals surface area contributed by atoms with Crippen molar-refractivity contribution in [3.05, 3.63) is 0 Å². The monoisotopic (exact) mass is 235 g/mol. The van der Waals surface area contributed by atoms with Gasteiger partial charge in [0.2, 0.25) is 0 Å². The Hall–Kier alpha value is -1.06. The maximum atomic E-state index is 8.48. The predicted octanol–water partition coefficient (Wildman–Crippen LogP) is 3.48. The maximum Gasteiger partial charge on any atom is 0.0621 e. The fourth-order valence-electron chi connectivity index (χ4n) is 1.80. The minimum Gasteiger partial charge on any atom is -0.303 e. The summed E-state index contributed by atoms with van der Waals surface area (Å²) in [5.41, 5.74) is 0. The van der Waals surface area contributed by atoms with Crippen LogP contribution in [0.15, 0.2) is 0 Å². The number of unbranched alkanes of at least 4 members (excludes halogenated alkanes) is 5. The Bertz CT molecular complexity index is 215. The van der Waals surface area contributed by atoms with Crippen molar-refractivity contribution in [2.45, 2.75) is 58.3 Å². The first-order valence-electron chi connectivity index (χ1n) is 6.81. The van der Waals surface area contributed by atoms with Gasteiger partial charge in [-0.15, -0.1) is 0 Å². The van der Waals surface area contributed by atoms with Gasteiger partial charge in [0.05, 0.1) is 12.1 Å². The van der Waals surface area contributed by atoms with Crippen molar-refractivity contribution < 1.29 is 0 Å². The van der Waals surface area contributed by atoms with E-state index in [-0.39, 0.29) is 0 Å². The van der Waals surface area contributed by atoms with Crippen molar-refractivity contribution in [2.24, 2.45) is 0 Å². The molecule has 96 valence electrons. The number of hydrogen-bond donors (Lipinski definition) is 0. The molecule has 0 aliphatic rings. The van der Waals surface area contributed by atoms with Crippen LogP contribution < -0.4 is 0 Å². The fraction of sp³-hybridized carbons (Fsp3) is 0.857. The Morgan fingerprint density at radius 1 is 0.765 bits per heavy atom. The summed E-state index contributed by atoms with van der Waals surface area (Å²) in [6.45, 7) is 5.58. The summed E-state index contributed by atoms with van der Waals surface area (Å²) in [5, 5.41) is 17.0. The summed E-state index contributed by atoms with van der Waals surface area (Å²) >= 11 is 0.